The van der Waals surface area contributed by atoms with Crippen LogP contribution in [0.1, 0.15) is 29.3 Å². The monoisotopic (exact) mass is 252 g/mol. The molecule has 2 rings (SSSR count). The Kier molecular flexibility index (Phi) is 3.91. The van der Waals surface area contributed by atoms with Gasteiger partial charge in [-0.3, -0.25) is 4.79 Å². The summed E-state index contributed by atoms with van der Waals surface area (Å²) < 4.78 is 0. The zero-order valence-electron chi connectivity index (χ0n) is 10.9. The first kappa shape index (κ1) is 13.2. The van der Waals surface area contributed by atoms with Crippen LogP contribution in [0, 0.1) is 0 Å². The zero-order chi connectivity index (χ0) is 13.7. The number of hydrogen-bond donors (Lipinski definition) is 0. The highest BCUT2D eigenvalue weighted by molar-refractivity contribution is 6.13. The molecule has 0 spiro atoms. The number of Topliss-reactive ketones (excluding diaryl/α,β-unsaturated/α-hetero) is 1. The second-order valence-corrected chi connectivity index (χ2v) is 4.50. The van der Waals surface area contributed by atoms with Gasteiger partial charge in [0.1, 0.15) is 11.7 Å². The van der Waals surface area contributed by atoms with Crippen LogP contribution in [-0.2, 0) is 10.2 Å². The fraction of sp³-hybridized carbons (Fsp3) is 0.176. The predicted octanol–water partition coefficient (Wildman–Crippen LogP) is 3.42. The molecule has 0 aliphatic carbocycles. The van der Waals surface area contributed by atoms with Gasteiger partial charge in [-0.05, 0) is 12.0 Å². The molecule has 0 unspecified atom stereocenters. The normalized spacial score (nSPS) is 13.5. The second-order valence-electron chi connectivity index (χ2n) is 4.50. The third-order valence-corrected chi connectivity index (χ3v) is 3.49. The summed E-state index contributed by atoms with van der Waals surface area (Å²) in [6.45, 7) is 1.86. The summed E-state index contributed by atoms with van der Waals surface area (Å²) in [4.78, 5) is 24.4. The van der Waals surface area contributed by atoms with E-state index in [2.05, 4.69) is 0 Å². The Morgan fingerprint density at radius 1 is 1.00 bits per heavy atom. The molecule has 0 bridgehead atoms. The Hall–Kier alpha value is -2.22. The van der Waals surface area contributed by atoms with Gasteiger partial charge in [0.25, 0.3) is 0 Å². The lowest BCUT2D eigenvalue weighted by molar-refractivity contribution is -0.111. The van der Waals surface area contributed by atoms with E-state index in [0.717, 1.165) is 11.8 Å². The van der Waals surface area contributed by atoms with Crippen molar-refractivity contribution in [3.63, 3.8) is 0 Å². The molecule has 0 N–H and O–H groups in total. The highest BCUT2D eigenvalue weighted by Crippen LogP contribution is 2.30. The molecule has 0 aliphatic heterocycles. The first-order valence-corrected chi connectivity index (χ1v) is 6.36. The van der Waals surface area contributed by atoms with Crippen molar-refractivity contribution in [2.45, 2.75) is 18.8 Å². The quantitative estimate of drug-likeness (QED) is 0.464. The fourth-order valence-corrected chi connectivity index (χ4v) is 2.28. The van der Waals surface area contributed by atoms with Crippen molar-refractivity contribution in [3.8, 4) is 0 Å². The number of hydrogen-bond acceptors (Lipinski definition) is 2. The fourth-order valence-electron chi connectivity index (χ4n) is 2.28. The lowest BCUT2D eigenvalue weighted by atomic mass is 9.74. The van der Waals surface area contributed by atoms with Crippen molar-refractivity contribution in [2.75, 3.05) is 0 Å². The number of rotatable bonds is 5. The molecular weight excluding hydrogens is 236 g/mol. The molecule has 0 radical (unpaired) electrons. The van der Waals surface area contributed by atoms with E-state index in [0.29, 0.717) is 12.0 Å². The van der Waals surface area contributed by atoms with E-state index in [1.807, 2.05) is 55.5 Å². The lowest BCUT2D eigenvalue weighted by Crippen LogP contribution is -2.37. The molecule has 2 aromatic carbocycles. The topological polar surface area (TPSA) is 34.1 Å². The van der Waals surface area contributed by atoms with Crippen molar-refractivity contribution in [1.29, 1.82) is 0 Å². The smallest absolute Gasteiger partial charge is 0.180 e. The number of carbonyl (C=O) groups is 2. The summed E-state index contributed by atoms with van der Waals surface area (Å²) in [6, 6.07) is 18.2. The summed E-state index contributed by atoms with van der Waals surface area (Å²) in [6.07, 6.45) is 1.23. The zero-order valence-corrected chi connectivity index (χ0v) is 10.9. The molecule has 0 heterocycles. The van der Waals surface area contributed by atoms with Crippen molar-refractivity contribution in [1.82, 2.24) is 0 Å². The molecule has 0 aromatic heterocycles. The SMILES string of the molecule is CC[C@@](C=O)(C(=O)c1ccccc1)c1ccccc1. The van der Waals surface area contributed by atoms with Crippen molar-refractivity contribution >= 4 is 12.1 Å². The van der Waals surface area contributed by atoms with Crippen molar-refractivity contribution in [3.05, 3.63) is 71.8 Å². The number of aldehydes is 1. The average molecular weight is 252 g/mol. The van der Waals surface area contributed by atoms with Crippen molar-refractivity contribution in [2.24, 2.45) is 0 Å². The molecule has 0 amide bonds. The van der Waals surface area contributed by atoms with Crippen LogP contribution in [0.2, 0.25) is 0 Å². The highest BCUT2D eigenvalue weighted by Gasteiger charge is 2.38. The molecule has 0 saturated carbocycles. The Bertz CT molecular complexity index is 560. The summed E-state index contributed by atoms with van der Waals surface area (Å²) in [5, 5.41) is 0. The Labute approximate surface area is 113 Å². The molecule has 2 heteroatoms. The number of carbonyl (C=O) groups excluding carboxylic acids is 2. The van der Waals surface area contributed by atoms with Crippen LogP contribution in [0.3, 0.4) is 0 Å². The third kappa shape index (κ3) is 2.34. The summed E-state index contributed by atoms with van der Waals surface area (Å²) >= 11 is 0. The van der Waals surface area contributed by atoms with E-state index in [1.54, 1.807) is 12.1 Å². The maximum atomic E-state index is 12.7. The van der Waals surface area contributed by atoms with Gasteiger partial charge in [0.2, 0.25) is 0 Å². The standard InChI is InChI=1S/C17H16O2/c1-2-17(13-18,15-11-7-4-8-12-15)16(19)14-9-5-3-6-10-14/h3-13H,2H2,1H3/t17-/m0/s1. The van der Waals surface area contributed by atoms with E-state index >= 15 is 0 Å². The molecule has 19 heavy (non-hydrogen) atoms. The van der Waals surface area contributed by atoms with Gasteiger partial charge in [0.15, 0.2) is 5.78 Å². The molecule has 0 fully saturated rings. The largest absolute Gasteiger partial charge is 0.302 e. The van der Waals surface area contributed by atoms with Crippen LogP contribution >= 0.6 is 0 Å². The average Bonchev–Trinajstić information content (AvgIpc) is 2.51. The van der Waals surface area contributed by atoms with Gasteiger partial charge >= 0.3 is 0 Å². The maximum Gasteiger partial charge on any atom is 0.180 e. The van der Waals surface area contributed by atoms with Crippen LogP contribution in [-0.4, -0.2) is 12.1 Å². The molecule has 2 nitrogen and oxygen atoms in total. The summed E-state index contributed by atoms with van der Waals surface area (Å²) in [5.74, 6) is -0.142. The minimum atomic E-state index is -1.08. The van der Waals surface area contributed by atoms with E-state index < -0.39 is 5.41 Å². The van der Waals surface area contributed by atoms with Gasteiger partial charge in [0.05, 0.1) is 0 Å². The van der Waals surface area contributed by atoms with E-state index in [1.165, 1.54) is 0 Å². The van der Waals surface area contributed by atoms with Crippen molar-refractivity contribution < 1.29 is 9.59 Å². The Morgan fingerprint density at radius 2 is 1.53 bits per heavy atom. The second kappa shape index (κ2) is 5.61. The summed E-state index contributed by atoms with van der Waals surface area (Å²) in [5.41, 5.74) is 0.240. The van der Waals surface area contributed by atoms with Crippen LogP contribution < -0.4 is 0 Å². The molecule has 0 aliphatic rings. The minimum absolute atomic E-state index is 0.142. The molecule has 96 valence electrons. The van der Waals surface area contributed by atoms with E-state index in [9.17, 15) is 9.59 Å². The first-order valence-electron chi connectivity index (χ1n) is 6.36. The van der Waals surface area contributed by atoms with Gasteiger partial charge in [-0.15, -0.1) is 0 Å². The predicted molar refractivity (Wildman–Crippen MR) is 75.2 cm³/mol. The van der Waals surface area contributed by atoms with Crippen LogP contribution in [0.15, 0.2) is 60.7 Å². The van der Waals surface area contributed by atoms with Crippen LogP contribution in [0.4, 0.5) is 0 Å². The Morgan fingerprint density at radius 3 is 2.00 bits per heavy atom. The summed E-state index contributed by atoms with van der Waals surface area (Å²) in [7, 11) is 0. The van der Waals surface area contributed by atoms with E-state index in [4.69, 9.17) is 0 Å². The molecular formula is C17H16O2. The van der Waals surface area contributed by atoms with Crippen LogP contribution in [0.5, 0.6) is 0 Å². The molecule has 2 aromatic rings. The third-order valence-electron chi connectivity index (χ3n) is 3.49. The lowest BCUT2D eigenvalue weighted by Gasteiger charge is -2.25. The van der Waals surface area contributed by atoms with Gasteiger partial charge in [-0.2, -0.15) is 0 Å². The molecule has 0 saturated heterocycles. The van der Waals surface area contributed by atoms with Gasteiger partial charge < -0.3 is 4.79 Å². The van der Waals surface area contributed by atoms with Gasteiger partial charge in [-0.25, -0.2) is 0 Å². The maximum absolute atomic E-state index is 12.7. The Balaban J connectivity index is 2.52. The number of benzene rings is 2. The van der Waals surface area contributed by atoms with Gasteiger partial charge in [-0.1, -0.05) is 67.6 Å². The highest BCUT2D eigenvalue weighted by atomic mass is 16.1. The van der Waals surface area contributed by atoms with E-state index in [-0.39, 0.29) is 5.78 Å². The first-order chi connectivity index (χ1) is 9.24. The minimum Gasteiger partial charge on any atom is -0.302 e. The number of ketones is 1. The van der Waals surface area contributed by atoms with Crippen LogP contribution in [0.25, 0.3) is 0 Å². The van der Waals surface area contributed by atoms with Gasteiger partial charge in [0, 0.05) is 5.56 Å². The molecule has 1 atom stereocenters.